The van der Waals surface area contributed by atoms with E-state index in [1.807, 2.05) is 17.5 Å². The zero-order chi connectivity index (χ0) is 9.52. The molecule has 0 aliphatic carbocycles. The summed E-state index contributed by atoms with van der Waals surface area (Å²) in [5.41, 5.74) is 0. The first-order valence-electron chi connectivity index (χ1n) is 4.17. The summed E-state index contributed by atoms with van der Waals surface area (Å²) in [6, 6.07) is 3.83. The standard InChI is InChI=1S/C9H12O3S/c10-8(11)4-1-2-6-12-9-5-3-7-13-9/h3,5,7H,1-2,4,6H2,(H,10,11). The van der Waals surface area contributed by atoms with Crippen LogP contribution in [0.25, 0.3) is 0 Å². The van der Waals surface area contributed by atoms with E-state index < -0.39 is 5.97 Å². The molecular formula is C9H12O3S. The van der Waals surface area contributed by atoms with Crippen LogP contribution in [0.3, 0.4) is 0 Å². The summed E-state index contributed by atoms with van der Waals surface area (Å²) >= 11 is 1.55. The lowest BCUT2D eigenvalue weighted by Gasteiger charge is -2.01. The lowest BCUT2D eigenvalue weighted by Crippen LogP contribution is -1.99. The molecular weight excluding hydrogens is 188 g/mol. The molecule has 0 spiro atoms. The van der Waals surface area contributed by atoms with Gasteiger partial charge in [-0.25, -0.2) is 0 Å². The fourth-order valence-electron chi connectivity index (χ4n) is 0.897. The number of carboxylic acid groups (broad SMARTS) is 1. The maximum atomic E-state index is 10.2. The maximum absolute atomic E-state index is 10.2. The van der Waals surface area contributed by atoms with Crippen LogP contribution in [0.1, 0.15) is 19.3 Å². The second-order valence-corrected chi connectivity index (χ2v) is 3.54. The highest BCUT2D eigenvalue weighted by molar-refractivity contribution is 7.11. The third-order valence-corrected chi connectivity index (χ3v) is 2.30. The third-order valence-electron chi connectivity index (χ3n) is 1.52. The Morgan fingerprint density at radius 3 is 3.00 bits per heavy atom. The van der Waals surface area contributed by atoms with Crippen molar-refractivity contribution < 1.29 is 14.6 Å². The molecule has 1 rings (SSSR count). The van der Waals surface area contributed by atoms with E-state index in [1.165, 1.54) is 0 Å². The SMILES string of the molecule is O=C(O)CCCCOc1cccs1. The van der Waals surface area contributed by atoms with Crippen LogP contribution in [0.2, 0.25) is 0 Å². The summed E-state index contributed by atoms with van der Waals surface area (Å²) in [7, 11) is 0. The van der Waals surface area contributed by atoms with Gasteiger partial charge in [-0.05, 0) is 30.4 Å². The van der Waals surface area contributed by atoms with Gasteiger partial charge in [-0.2, -0.15) is 0 Å². The van der Waals surface area contributed by atoms with Gasteiger partial charge in [0, 0.05) is 6.42 Å². The third kappa shape index (κ3) is 4.52. The number of hydrogen-bond donors (Lipinski definition) is 1. The fraction of sp³-hybridized carbons (Fsp3) is 0.444. The minimum atomic E-state index is -0.740. The van der Waals surface area contributed by atoms with Crippen LogP contribution in [0.15, 0.2) is 17.5 Å². The number of rotatable bonds is 6. The van der Waals surface area contributed by atoms with Gasteiger partial charge in [-0.3, -0.25) is 4.79 Å². The molecule has 0 aliphatic rings. The summed E-state index contributed by atoms with van der Waals surface area (Å²) in [5.74, 6) is -0.740. The van der Waals surface area contributed by atoms with Crippen LogP contribution in [0.5, 0.6) is 5.06 Å². The van der Waals surface area contributed by atoms with Gasteiger partial charge in [-0.1, -0.05) is 0 Å². The van der Waals surface area contributed by atoms with Gasteiger partial charge in [0.1, 0.15) is 0 Å². The first-order valence-corrected chi connectivity index (χ1v) is 5.05. The topological polar surface area (TPSA) is 46.5 Å². The smallest absolute Gasteiger partial charge is 0.303 e. The second-order valence-electron chi connectivity index (χ2n) is 2.63. The Hall–Kier alpha value is -1.03. The van der Waals surface area contributed by atoms with Crippen LogP contribution in [0, 0.1) is 0 Å². The Morgan fingerprint density at radius 1 is 1.54 bits per heavy atom. The maximum Gasteiger partial charge on any atom is 0.303 e. The van der Waals surface area contributed by atoms with E-state index in [4.69, 9.17) is 9.84 Å². The van der Waals surface area contributed by atoms with Crippen molar-refractivity contribution in [2.24, 2.45) is 0 Å². The highest BCUT2D eigenvalue weighted by Gasteiger charge is 1.97. The number of unbranched alkanes of at least 4 members (excludes halogenated alkanes) is 1. The van der Waals surface area contributed by atoms with E-state index >= 15 is 0 Å². The van der Waals surface area contributed by atoms with Crippen molar-refractivity contribution in [3.05, 3.63) is 17.5 Å². The Morgan fingerprint density at radius 2 is 2.38 bits per heavy atom. The van der Waals surface area contributed by atoms with Crippen molar-refractivity contribution in [2.45, 2.75) is 19.3 Å². The Kier molecular flexibility index (Phi) is 4.32. The number of aliphatic carboxylic acids is 1. The molecule has 1 aromatic rings. The predicted molar refractivity (Wildman–Crippen MR) is 51.3 cm³/mol. The number of ether oxygens (including phenoxy) is 1. The van der Waals surface area contributed by atoms with Gasteiger partial charge < -0.3 is 9.84 Å². The monoisotopic (exact) mass is 200 g/mol. The Balaban J connectivity index is 1.99. The Bertz CT molecular complexity index is 243. The predicted octanol–water partition coefficient (Wildman–Crippen LogP) is 2.38. The van der Waals surface area contributed by atoms with Crippen molar-refractivity contribution in [2.75, 3.05) is 6.61 Å². The molecule has 0 unspecified atom stereocenters. The number of thiophene rings is 1. The van der Waals surface area contributed by atoms with Gasteiger partial charge in [0.25, 0.3) is 0 Å². The zero-order valence-corrected chi connectivity index (χ0v) is 8.05. The van der Waals surface area contributed by atoms with Crippen LogP contribution >= 0.6 is 11.3 Å². The molecule has 0 fully saturated rings. The minimum absolute atomic E-state index is 0.230. The summed E-state index contributed by atoms with van der Waals surface area (Å²) in [4.78, 5) is 10.2. The molecule has 3 nitrogen and oxygen atoms in total. The van der Waals surface area contributed by atoms with E-state index in [0.29, 0.717) is 13.0 Å². The second kappa shape index (κ2) is 5.59. The summed E-state index contributed by atoms with van der Waals surface area (Å²) in [5, 5.41) is 11.2. The molecule has 0 saturated heterocycles. The number of carbonyl (C=O) groups is 1. The van der Waals surface area contributed by atoms with Crippen LogP contribution in [-0.4, -0.2) is 17.7 Å². The van der Waals surface area contributed by atoms with Gasteiger partial charge >= 0.3 is 5.97 Å². The first kappa shape index (κ1) is 10.1. The highest BCUT2D eigenvalue weighted by Crippen LogP contribution is 2.18. The molecule has 13 heavy (non-hydrogen) atoms. The average Bonchev–Trinajstić information content (AvgIpc) is 2.55. The summed E-state index contributed by atoms with van der Waals surface area (Å²) in [6.07, 6.45) is 1.71. The van der Waals surface area contributed by atoms with Gasteiger partial charge in [0.05, 0.1) is 6.61 Å². The van der Waals surface area contributed by atoms with Crippen molar-refractivity contribution in [1.82, 2.24) is 0 Å². The van der Waals surface area contributed by atoms with E-state index in [0.717, 1.165) is 11.5 Å². The van der Waals surface area contributed by atoms with Crippen molar-refractivity contribution in [3.63, 3.8) is 0 Å². The minimum Gasteiger partial charge on any atom is -0.484 e. The molecule has 1 aromatic heterocycles. The largest absolute Gasteiger partial charge is 0.484 e. The lowest BCUT2D eigenvalue weighted by atomic mass is 10.2. The molecule has 72 valence electrons. The van der Waals surface area contributed by atoms with Gasteiger partial charge in [0.2, 0.25) is 0 Å². The molecule has 0 bridgehead atoms. The molecule has 0 amide bonds. The number of hydrogen-bond acceptors (Lipinski definition) is 3. The summed E-state index contributed by atoms with van der Waals surface area (Å²) in [6.45, 7) is 0.605. The highest BCUT2D eigenvalue weighted by atomic mass is 32.1. The lowest BCUT2D eigenvalue weighted by molar-refractivity contribution is -0.137. The molecule has 4 heteroatoms. The van der Waals surface area contributed by atoms with E-state index in [1.54, 1.807) is 11.3 Å². The molecule has 0 aromatic carbocycles. The molecule has 0 atom stereocenters. The van der Waals surface area contributed by atoms with Crippen molar-refractivity contribution >= 4 is 17.3 Å². The zero-order valence-electron chi connectivity index (χ0n) is 7.23. The average molecular weight is 200 g/mol. The van der Waals surface area contributed by atoms with Gasteiger partial charge in [0.15, 0.2) is 5.06 Å². The quantitative estimate of drug-likeness (QED) is 0.717. The normalized spacial score (nSPS) is 9.85. The van der Waals surface area contributed by atoms with Crippen LogP contribution in [-0.2, 0) is 4.79 Å². The molecule has 1 heterocycles. The number of carboxylic acids is 1. The van der Waals surface area contributed by atoms with E-state index in [2.05, 4.69) is 0 Å². The first-order chi connectivity index (χ1) is 6.29. The Labute approximate surface area is 81.0 Å². The van der Waals surface area contributed by atoms with Gasteiger partial charge in [-0.15, -0.1) is 11.3 Å². The van der Waals surface area contributed by atoms with E-state index in [9.17, 15) is 4.79 Å². The molecule has 0 aliphatic heterocycles. The van der Waals surface area contributed by atoms with Crippen molar-refractivity contribution in [1.29, 1.82) is 0 Å². The molecule has 0 saturated carbocycles. The summed E-state index contributed by atoms with van der Waals surface area (Å²) < 4.78 is 5.35. The van der Waals surface area contributed by atoms with Crippen LogP contribution < -0.4 is 4.74 Å². The fourth-order valence-corrected chi connectivity index (χ4v) is 1.50. The van der Waals surface area contributed by atoms with Crippen molar-refractivity contribution in [3.8, 4) is 5.06 Å². The molecule has 0 radical (unpaired) electrons. The molecule has 1 N–H and O–H groups in total. The van der Waals surface area contributed by atoms with Crippen LogP contribution in [0.4, 0.5) is 0 Å². The van der Waals surface area contributed by atoms with E-state index in [-0.39, 0.29) is 6.42 Å².